The highest BCUT2D eigenvalue weighted by Gasteiger charge is 2.24. The van der Waals surface area contributed by atoms with Crippen LogP contribution >= 0.6 is 11.6 Å². The molecule has 160 valence electrons. The number of anilines is 2. The van der Waals surface area contributed by atoms with E-state index < -0.39 is 0 Å². The number of benzene rings is 3. The number of aromatic nitrogens is 3. The molecule has 0 unspecified atom stereocenters. The van der Waals surface area contributed by atoms with E-state index in [0.29, 0.717) is 5.82 Å². The van der Waals surface area contributed by atoms with Crippen molar-refractivity contribution < 1.29 is 4.39 Å². The second kappa shape index (κ2) is 7.94. The predicted octanol–water partition coefficient (Wildman–Crippen LogP) is 6.85. The van der Waals surface area contributed by atoms with Crippen LogP contribution in [-0.4, -0.2) is 21.5 Å². The topological polar surface area (TPSA) is 41.9 Å². The van der Waals surface area contributed by atoms with Gasteiger partial charge in [0, 0.05) is 40.6 Å². The van der Waals surface area contributed by atoms with Crippen LogP contribution in [0.5, 0.6) is 0 Å². The lowest BCUT2D eigenvalue weighted by Gasteiger charge is -2.21. The molecule has 5 aromatic rings. The summed E-state index contributed by atoms with van der Waals surface area (Å²) >= 11 is 6.23. The van der Waals surface area contributed by atoms with Crippen molar-refractivity contribution in [3.63, 3.8) is 0 Å². The molecule has 3 heterocycles. The Hall–Kier alpha value is -3.83. The highest BCUT2D eigenvalue weighted by molar-refractivity contribution is 6.30. The highest BCUT2D eigenvalue weighted by atomic mass is 35.5. The summed E-state index contributed by atoms with van der Waals surface area (Å²) in [4.78, 5) is 16.3. The van der Waals surface area contributed by atoms with E-state index in [-0.39, 0.29) is 5.82 Å². The van der Waals surface area contributed by atoms with E-state index in [4.69, 9.17) is 21.6 Å². The second-order valence-corrected chi connectivity index (χ2v) is 8.47. The first-order valence-corrected chi connectivity index (χ1v) is 11.1. The molecular weight excluding hydrogens is 435 g/mol. The Kier molecular flexibility index (Phi) is 4.77. The predicted molar refractivity (Wildman–Crippen MR) is 130 cm³/mol. The summed E-state index contributed by atoms with van der Waals surface area (Å²) in [6.07, 6.45) is 4.39. The first-order chi connectivity index (χ1) is 16.2. The third-order valence-corrected chi connectivity index (χ3v) is 6.18. The molecule has 0 saturated carbocycles. The van der Waals surface area contributed by atoms with Crippen molar-refractivity contribution in [2.24, 2.45) is 0 Å². The van der Waals surface area contributed by atoms with Gasteiger partial charge < -0.3 is 4.90 Å². The zero-order chi connectivity index (χ0) is 22.4. The summed E-state index contributed by atoms with van der Waals surface area (Å²) < 4.78 is 13.8. The lowest BCUT2D eigenvalue weighted by Crippen LogP contribution is -2.16. The number of hydrogen-bond acceptors (Lipinski definition) is 4. The molecule has 0 bridgehead atoms. The largest absolute Gasteiger partial charge is 0.325 e. The quantitative estimate of drug-likeness (QED) is 0.300. The standard InChI is InChI=1S/C27H18ClFN4/c28-21-7-9-25-19(13-21)10-12-33(25)27-23-8-6-18(17-3-1-5-22(29)14-17)15-24(23)31-26(32-27)20-4-2-11-30-16-20/h1-9,11,13-16H,10,12H2. The van der Waals surface area contributed by atoms with Crippen LogP contribution in [0.1, 0.15) is 5.56 Å². The van der Waals surface area contributed by atoms with E-state index in [0.717, 1.165) is 57.1 Å². The van der Waals surface area contributed by atoms with E-state index in [9.17, 15) is 4.39 Å². The van der Waals surface area contributed by atoms with Gasteiger partial charge in [-0.1, -0.05) is 29.8 Å². The van der Waals surface area contributed by atoms with Gasteiger partial charge in [-0.05, 0) is 77.7 Å². The minimum atomic E-state index is -0.264. The Morgan fingerprint density at radius 3 is 2.58 bits per heavy atom. The number of halogens is 2. The van der Waals surface area contributed by atoms with Crippen molar-refractivity contribution >= 4 is 34.0 Å². The SMILES string of the molecule is Fc1cccc(-c2ccc3c(N4CCc5cc(Cl)ccc54)nc(-c4cccnc4)nc3c2)c1. The Morgan fingerprint density at radius 2 is 1.73 bits per heavy atom. The van der Waals surface area contributed by atoms with Crippen LogP contribution in [0.15, 0.2) is 85.2 Å². The third kappa shape index (κ3) is 3.60. The number of fused-ring (bicyclic) bond motifs is 2. The van der Waals surface area contributed by atoms with Crippen LogP contribution in [-0.2, 0) is 6.42 Å². The molecule has 6 rings (SSSR count). The van der Waals surface area contributed by atoms with Crippen molar-refractivity contribution in [3.05, 3.63) is 102 Å². The molecule has 1 aliphatic heterocycles. The Morgan fingerprint density at radius 1 is 0.848 bits per heavy atom. The van der Waals surface area contributed by atoms with Gasteiger partial charge in [0.25, 0.3) is 0 Å². The zero-order valence-electron chi connectivity index (χ0n) is 17.5. The first kappa shape index (κ1) is 19.8. The minimum Gasteiger partial charge on any atom is -0.325 e. The first-order valence-electron chi connectivity index (χ1n) is 10.7. The van der Waals surface area contributed by atoms with Crippen molar-refractivity contribution in [2.45, 2.75) is 6.42 Å². The van der Waals surface area contributed by atoms with Gasteiger partial charge >= 0.3 is 0 Å². The van der Waals surface area contributed by atoms with Gasteiger partial charge in [-0.3, -0.25) is 4.98 Å². The van der Waals surface area contributed by atoms with Crippen molar-refractivity contribution in [1.82, 2.24) is 15.0 Å². The molecular formula is C27H18ClFN4. The fourth-order valence-corrected chi connectivity index (χ4v) is 4.58. The molecule has 2 aromatic heterocycles. The molecule has 0 spiro atoms. The fraction of sp³-hybridized carbons (Fsp3) is 0.0741. The number of rotatable bonds is 3. The molecule has 3 aromatic carbocycles. The van der Waals surface area contributed by atoms with E-state index in [1.807, 2.05) is 54.6 Å². The zero-order valence-corrected chi connectivity index (χ0v) is 18.3. The second-order valence-electron chi connectivity index (χ2n) is 8.03. The van der Waals surface area contributed by atoms with Gasteiger partial charge in [-0.15, -0.1) is 0 Å². The van der Waals surface area contributed by atoms with E-state index in [1.54, 1.807) is 18.5 Å². The Labute approximate surface area is 195 Å². The van der Waals surface area contributed by atoms with Gasteiger partial charge in [0.15, 0.2) is 5.82 Å². The minimum absolute atomic E-state index is 0.264. The third-order valence-electron chi connectivity index (χ3n) is 5.95. The normalized spacial score (nSPS) is 12.8. The Bertz CT molecular complexity index is 1500. The van der Waals surface area contributed by atoms with Crippen molar-refractivity contribution in [2.75, 3.05) is 11.4 Å². The number of hydrogen-bond donors (Lipinski definition) is 0. The monoisotopic (exact) mass is 452 g/mol. The van der Waals surface area contributed by atoms with E-state index in [2.05, 4.69) is 9.88 Å². The average molecular weight is 453 g/mol. The maximum absolute atomic E-state index is 13.8. The van der Waals surface area contributed by atoms with Gasteiger partial charge in [0.1, 0.15) is 11.6 Å². The lowest BCUT2D eigenvalue weighted by atomic mass is 10.0. The highest BCUT2D eigenvalue weighted by Crippen LogP contribution is 2.39. The molecule has 0 atom stereocenters. The van der Waals surface area contributed by atoms with Crippen LogP contribution in [0.25, 0.3) is 33.4 Å². The fourth-order valence-electron chi connectivity index (χ4n) is 4.38. The molecule has 6 heteroatoms. The van der Waals surface area contributed by atoms with Crippen LogP contribution < -0.4 is 4.90 Å². The van der Waals surface area contributed by atoms with Gasteiger partial charge in [0.05, 0.1) is 5.52 Å². The number of pyridine rings is 1. The molecule has 0 fully saturated rings. The molecule has 0 N–H and O–H groups in total. The number of nitrogens with zero attached hydrogens (tertiary/aromatic N) is 4. The maximum atomic E-state index is 13.8. The van der Waals surface area contributed by atoms with Gasteiger partial charge in [0.2, 0.25) is 0 Å². The molecule has 0 radical (unpaired) electrons. The molecule has 0 amide bonds. The summed E-state index contributed by atoms with van der Waals surface area (Å²) in [5.41, 5.74) is 5.65. The average Bonchev–Trinajstić information content (AvgIpc) is 3.26. The van der Waals surface area contributed by atoms with Crippen LogP contribution in [0.2, 0.25) is 5.02 Å². The van der Waals surface area contributed by atoms with Crippen molar-refractivity contribution in [3.8, 4) is 22.5 Å². The molecule has 0 saturated heterocycles. The van der Waals surface area contributed by atoms with E-state index >= 15 is 0 Å². The van der Waals surface area contributed by atoms with Crippen LogP contribution in [0.3, 0.4) is 0 Å². The van der Waals surface area contributed by atoms with Crippen LogP contribution in [0.4, 0.5) is 15.9 Å². The maximum Gasteiger partial charge on any atom is 0.163 e. The summed E-state index contributed by atoms with van der Waals surface area (Å²) in [5.74, 6) is 1.18. The smallest absolute Gasteiger partial charge is 0.163 e. The van der Waals surface area contributed by atoms with Gasteiger partial charge in [-0.25, -0.2) is 14.4 Å². The summed E-state index contributed by atoms with van der Waals surface area (Å²) in [5, 5.41) is 1.67. The molecule has 4 nitrogen and oxygen atoms in total. The summed E-state index contributed by atoms with van der Waals surface area (Å²) in [7, 11) is 0. The summed E-state index contributed by atoms with van der Waals surface area (Å²) in [6, 6.07) is 22.4. The molecule has 1 aliphatic rings. The summed E-state index contributed by atoms with van der Waals surface area (Å²) in [6.45, 7) is 0.805. The molecule has 0 aliphatic carbocycles. The molecule has 33 heavy (non-hydrogen) atoms. The van der Waals surface area contributed by atoms with E-state index in [1.165, 1.54) is 17.7 Å². The Balaban J connectivity index is 1.57. The van der Waals surface area contributed by atoms with Crippen LogP contribution in [0, 0.1) is 5.82 Å². The lowest BCUT2D eigenvalue weighted by molar-refractivity contribution is 0.628. The van der Waals surface area contributed by atoms with Gasteiger partial charge in [-0.2, -0.15) is 0 Å². The van der Waals surface area contributed by atoms with Crippen molar-refractivity contribution in [1.29, 1.82) is 0 Å².